The number of nitrogens with one attached hydrogen (secondary N) is 4. The molecule has 0 spiro atoms. The summed E-state index contributed by atoms with van der Waals surface area (Å²) in [5.41, 5.74) is -1.17. The van der Waals surface area contributed by atoms with Gasteiger partial charge in [0.15, 0.2) is 0 Å². The van der Waals surface area contributed by atoms with E-state index in [0.717, 1.165) is 4.57 Å². The lowest BCUT2D eigenvalue weighted by Gasteiger charge is -2.21. The van der Waals surface area contributed by atoms with Crippen LogP contribution in [-0.2, 0) is 37.7 Å². The smallest absolute Gasteiger partial charge is 0.467 e. The van der Waals surface area contributed by atoms with Gasteiger partial charge in [0.2, 0.25) is 12.3 Å². The van der Waals surface area contributed by atoms with Gasteiger partial charge in [-0.05, 0) is 44.6 Å². The number of phosphoric acid groups is 1. The normalized spacial score (nSPS) is 19.4. The average molecular weight is 668 g/mol. The Labute approximate surface area is 256 Å². The number of hydrogen-bond donors (Lipinski definition) is 6. The van der Waals surface area contributed by atoms with Crippen molar-refractivity contribution in [1.82, 2.24) is 25.5 Å². The zero-order valence-corrected chi connectivity index (χ0v) is 26.1. The van der Waals surface area contributed by atoms with E-state index in [0.29, 0.717) is 31.4 Å². The molecule has 44 heavy (non-hydrogen) atoms. The molecule has 3 amide bonds. The summed E-state index contributed by atoms with van der Waals surface area (Å²) in [5.74, 6) is -0.589. The molecule has 6 N–H and O–H groups in total. The van der Waals surface area contributed by atoms with Crippen LogP contribution in [0.25, 0.3) is 0 Å². The quantitative estimate of drug-likeness (QED) is 0.0477. The molecule has 0 bridgehead atoms. The standard InChI is InChI=1S/C24H38N5O13PS/c1-14-11-29(23(34)28-20(14)31)19-10-17(18(41-19)12-40-43(36,37)38)42-24(35)25-8-5-4-6-16(22(33)39-2)27-21(32)15(26-13-30)7-9-44-3/h11,13,15-19H,4-10,12H2,1-3H3,(H,25,35)(H,26,30)(H,27,32)(H,28,31,34)(H2,36,37,38)/t15-,16-,17-,18+,19+/m0/s1. The van der Waals surface area contributed by atoms with Crippen LogP contribution in [0, 0.1) is 6.92 Å². The van der Waals surface area contributed by atoms with Crippen LogP contribution in [0.1, 0.15) is 43.9 Å². The molecule has 18 nitrogen and oxygen atoms in total. The number of esters is 1. The lowest BCUT2D eigenvalue weighted by atomic mass is 10.1. The largest absolute Gasteiger partial charge is 0.469 e. The van der Waals surface area contributed by atoms with Crippen LogP contribution in [0.2, 0.25) is 0 Å². The van der Waals surface area contributed by atoms with Crippen LogP contribution in [0.4, 0.5) is 4.79 Å². The molecule has 20 heteroatoms. The Balaban J connectivity index is 1.92. The van der Waals surface area contributed by atoms with Gasteiger partial charge in [-0.3, -0.25) is 28.5 Å². The number of rotatable bonds is 18. The Morgan fingerprint density at radius 1 is 1.25 bits per heavy atom. The van der Waals surface area contributed by atoms with E-state index in [-0.39, 0.29) is 24.9 Å². The number of thioether (sulfide) groups is 1. The van der Waals surface area contributed by atoms with E-state index in [1.165, 1.54) is 32.0 Å². The van der Waals surface area contributed by atoms with Crippen LogP contribution in [0.5, 0.6) is 0 Å². The lowest BCUT2D eigenvalue weighted by Crippen LogP contribution is -2.50. The zero-order valence-electron chi connectivity index (χ0n) is 24.4. The fourth-order valence-electron chi connectivity index (χ4n) is 4.23. The third-order valence-corrected chi connectivity index (χ3v) is 7.62. The molecule has 0 aromatic carbocycles. The topological polar surface area (TPSA) is 254 Å². The average Bonchev–Trinajstić information content (AvgIpc) is 3.36. The predicted molar refractivity (Wildman–Crippen MR) is 155 cm³/mol. The molecule has 0 unspecified atom stereocenters. The first-order chi connectivity index (χ1) is 20.8. The zero-order chi connectivity index (χ0) is 32.9. The van der Waals surface area contributed by atoms with Crippen molar-refractivity contribution >= 4 is 44.0 Å². The van der Waals surface area contributed by atoms with Gasteiger partial charge < -0.3 is 39.9 Å². The SMILES string of the molecule is COC(=O)[C@H](CCCCNC(=O)O[C@H]1C[C@H](n2cc(C)c(=O)[nH]c2=O)O[C@@H]1COP(=O)(O)O)NC(=O)[C@H](CCSC)NC=O. The highest BCUT2D eigenvalue weighted by atomic mass is 32.2. The van der Waals surface area contributed by atoms with Crippen molar-refractivity contribution in [3.63, 3.8) is 0 Å². The molecule has 1 aromatic rings. The number of nitrogens with zero attached hydrogens (tertiary/aromatic N) is 1. The van der Waals surface area contributed by atoms with Crippen LogP contribution in [-0.4, -0.2) is 100 Å². The van der Waals surface area contributed by atoms with Gasteiger partial charge in [0.1, 0.15) is 30.5 Å². The fourth-order valence-corrected chi connectivity index (χ4v) is 5.04. The van der Waals surface area contributed by atoms with Gasteiger partial charge in [-0.25, -0.2) is 18.9 Å². The molecule has 1 aliphatic heterocycles. The molecule has 0 saturated carbocycles. The van der Waals surface area contributed by atoms with E-state index in [9.17, 15) is 33.3 Å². The number of aromatic nitrogens is 2. The van der Waals surface area contributed by atoms with E-state index in [4.69, 9.17) is 24.0 Å². The monoisotopic (exact) mass is 667 g/mol. The molecule has 1 aliphatic rings. The summed E-state index contributed by atoms with van der Waals surface area (Å²) in [4.78, 5) is 92.4. The Hall–Kier alpha value is -3.22. The molecule has 2 rings (SSSR count). The van der Waals surface area contributed by atoms with Crippen LogP contribution in [0.15, 0.2) is 15.8 Å². The summed E-state index contributed by atoms with van der Waals surface area (Å²) in [6.07, 6.45) is 0.552. The first-order valence-electron chi connectivity index (χ1n) is 13.5. The third-order valence-electron chi connectivity index (χ3n) is 6.49. The van der Waals surface area contributed by atoms with Gasteiger partial charge in [0, 0.05) is 24.7 Å². The van der Waals surface area contributed by atoms with Gasteiger partial charge in [-0.1, -0.05) is 0 Å². The second-order valence-electron chi connectivity index (χ2n) is 9.70. The van der Waals surface area contributed by atoms with E-state index in [1.54, 1.807) is 0 Å². The number of amides is 3. The van der Waals surface area contributed by atoms with Gasteiger partial charge in [0.25, 0.3) is 5.56 Å². The maximum atomic E-state index is 12.6. The molecular formula is C24H38N5O13PS. The van der Waals surface area contributed by atoms with Gasteiger partial charge >= 0.3 is 25.6 Å². The van der Waals surface area contributed by atoms with Gasteiger partial charge in [0.05, 0.1) is 13.7 Å². The minimum Gasteiger partial charge on any atom is -0.467 e. The number of aromatic amines is 1. The molecule has 248 valence electrons. The molecular weight excluding hydrogens is 629 g/mol. The predicted octanol–water partition coefficient (Wildman–Crippen LogP) is -0.968. The molecule has 2 heterocycles. The van der Waals surface area contributed by atoms with Crippen molar-refractivity contribution in [3.8, 4) is 0 Å². The number of hydrogen-bond acceptors (Lipinski definition) is 12. The van der Waals surface area contributed by atoms with E-state index in [2.05, 4.69) is 25.5 Å². The summed E-state index contributed by atoms with van der Waals surface area (Å²) >= 11 is 1.50. The third kappa shape index (κ3) is 12.0. The van der Waals surface area contributed by atoms with Gasteiger partial charge in [-0.15, -0.1) is 0 Å². The molecule has 5 atom stereocenters. The number of unbranched alkanes of at least 4 members (excludes halogenated alkanes) is 1. The highest BCUT2D eigenvalue weighted by Crippen LogP contribution is 2.38. The number of alkyl carbamates (subject to hydrolysis) is 1. The summed E-state index contributed by atoms with van der Waals surface area (Å²) in [6, 6.07) is -1.79. The summed E-state index contributed by atoms with van der Waals surface area (Å²) in [6.45, 7) is 0.912. The highest BCUT2D eigenvalue weighted by Gasteiger charge is 2.40. The van der Waals surface area contributed by atoms with Crippen molar-refractivity contribution < 1.29 is 52.3 Å². The fraction of sp³-hybridized carbons (Fsp3) is 0.667. The number of phosphoric ester groups is 1. The molecule has 1 fully saturated rings. The number of carbonyl (C=O) groups is 4. The van der Waals surface area contributed by atoms with Crippen molar-refractivity contribution in [2.75, 3.05) is 32.3 Å². The first-order valence-corrected chi connectivity index (χ1v) is 16.4. The Morgan fingerprint density at radius 3 is 2.61 bits per heavy atom. The van der Waals surface area contributed by atoms with Crippen molar-refractivity contribution in [3.05, 3.63) is 32.6 Å². The van der Waals surface area contributed by atoms with Crippen molar-refractivity contribution in [2.24, 2.45) is 0 Å². The summed E-state index contributed by atoms with van der Waals surface area (Å²) in [7, 11) is -3.71. The number of methoxy groups -OCH3 is 1. The number of carbonyl (C=O) groups excluding carboxylic acids is 4. The lowest BCUT2D eigenvalue weighted by molar-refractivity contribution is -0.145. The van der Waals surface area contributed by atoms with Crippen molar-refractivity contribution in [1.29, 1.82) is 0 Å². The first kappa shape index (κ1) is 37.0. The number of aryl methyl sites for hydroxylation is 1. The Bertz CT molecular complexity index is 1300. The second kappa shape index (κ2) is 17.9. The van der Waals surface area contributed by atoms with E-state index < -0.39 is 74.2 Å². The number of H-pyrrole nitrogens is 1. The van der Waals surface area contributed by atoms with Crippen LogP contribution < -0.4 is 27.2 Å². The Kier molecular flexibility index (Phi) is 15.1. The van der Waals surface area contributed by atoms with E-state index in [1.807, 2.05) is 6.26 Å². The number of ether oxygens (including phenoxy) is 3. The second-order valence-corrected chi connectivity index (χ2v) is 11.9. The minimum atomic E-state index is -4.89. The van der Waals surface area contributed by atoms with E-state index >= 15 is 0 Å². The molecule has 0 radical (unpaired) electrons. The van der Waals surface area contributed by atoms with Crippen molar-refractivity contribution in [2.45, 2.75) is 69.5 Å². The highest BCUT2D eigenvalue weighted by molar-refractivity contribution is 7.98. The van der Waals surface area contributed by atoms with Crippen LogP contribution in [0.3, 0.4) is 0 Å². The van der Waals surface area contributed by atoms with Crippen LogP contribution >= 0.6 is 19.6 Å². The summed E-state index contributed by atoms with van der Waals surface area (Å²) < 4.78 is 32.6. The molecule has 1 saturated heterocycles. The summed E-state index contributed by atoms with van der Waals surface area (Å²) in [5, 5.41) is 7.53. The maximum absolute atomic E-state index is 12.6. The van der Waals surface area contributed by atoms with Gasteiger partial charge in [-0.2, -0.15) is 11.8 Å². The Morgan fingerprint density at radius 2 is 1.98 bits per heavy atom. The molecule has 0 aliphatic carbocycles. The maximum Gasteiger partial charge on any atom is 0.469 e. The minimum absolute atomic E-state index is 0.0919. The molecule has 1 aromatic heterocycles.